The van der Waals surface area contributed by atoms with Crippen molar-refractivity contribution in [3.05, 3.63) is 11.6 Å². The summed E-state index contributed by atoms with van der Waals surface area (Å²) in [5.41, 5.74) is -0.532. The predicted octanol–water partition coefficient (Wildman–Crippen LogP) is 5.23. The van der Waals surface area contributed by atoms with Crippen LogP contribution < -0.4 is 0 Å². The Balaban J connectivity index is 2.32. The summed E-state index contributed by atoms with van der Waals surface area (Å²) in [4.78, 5) is 27.6. The van der Waals surface area contributed by atoms with E-state index < -0.39 is 23.5 Å². The fourth-order valence-corrected chi connectivity index (χ4v) is 4.25. The molecule has 1 amide bonds. The number of rotatable bonds is 4. The molecule has 0 unspecified atom stereocenters. The van der Waals surface area contributed by atoms with Crippen molar-refractivity contribution in [2.24, 2.45) is 5.92 Å². The van der Waals surface area contributed by atoms with Crippen molar-refractivity contribution in [1.82, 2.24) is 4.90 Å². The second-order valence-corrected chi connectivity index (χ2v) is 9.77. The highest BCUT2D eigenvalue weighted by molar-refractivity contribution is 5.95. The summed E-state index contributed by atoms with van der Waals surface area (Å²) in [6, 6.07) is -0.291. The van der Waals surface area contributed by atoms with Crippen LogP contribution in [0.4, 0.5) is 4.79 Å². The first-order chi connectivity index (χ1) is 12.4. The van der Waals surface area contributed by atoms with Crippen molar-refractivity contribution in [3.8, 4) is 0 Å². The molecule has 1 heterocycles. The van der Waals surface area contributed by atoms with Gasteiger partial charge in [0.05, 0.1) is 6.04 Å². The van der Waals surface area contributed by atoms with Crippen LogP contribution in [0, 0.1) is 5.92 Å². The van der Waals surface area contributed by atoms with Crippen molar-refractivity contribution < 1.29 is 19.1 Å². The zero-order valence-electron chi connectivity index (χ0n) is 18.1. The molecule has 5 nitrogen and oxygen atoms in total. The van der Waals surface area contributed by atoms with Crippen LogP contribution in [0.15, 0.2) is 11.6 Å². The van der Waals surface area contributed by atoms with Gasteiger partial charge >= 0.3 is 6.09 Å². The standard InChI is InChI=1S/C22H37NO4/c1-15(2)13-18(24)19-17(14-16-11-9-8-10-12-16)23(22(6,7)26-19)20(25)27-21(3,4)5/h13,16-17,19H,8-12,14H2,1-7H3/t17-,19+/m0/s1. The van der Waals surface area contributed by atoms with Crippen LogP contribution in [0.3, 0.4) is 0 Å². The van der Waals surface area contributed by atoms with Gasteiger partial charge in [-0.25, -0.2) is 4.79 Å². The summed E-state index contributed by atoms with van der Waals surface area (Å²) in [5, 5.41) is 0. The van der Waals surface area contributed by atoms with E-state index >= 15 is 0 Å². The molecular weight excluding hydrogens is 342 g/mol. The first-order valence-corrected chi connectivity index (χ1v) is 10.3. The minimum atomic E-state index is -0.878. The van der Waals surface area contributed by atoms with Gasteiger partial charge in [0.2, 0.25) is 0 Å². The molecule has 2 fully saturated rings. The number of allylic oxidation sites excluding steroid dienone is 1. The Hall–Kier alpha value is -1.36. The molecule has 0 spiro atoms. The molecule has 1 saturated carbocycles. The molecule has 0 aromatic heterocycles. The zero-order chi connectivity index (χ0) is 20.4. The number of ketones is 1. The zero-order valence-corrected chi connectivity index (χ0v) is 18.1. The maximum absolute atomic E-state index is 13.0. The van der Waals surface area contributed by atoms with Crippen molar-refractivity contribution in [2.75, 3.05) is 0 Å². The molecule has 0 N–H and O–H groups in total. The van der Waals surface area contributed by atoms with E-state index in [-0.39, 0.29) is 11.8 Å². The van der Waals surface area contributed by atoms with Crippen molar-refractivity contribution >= 4 is 11.9 Å². The molecule has 0 radical (unpaired) electrons. The number of carbonyl (C=O) groups excluding carboxylic acids is 2. The van der Waals surface area contributed by atoms with Gasteiger partial charge in [0.15, 0.2) is 5.78 Å². The molecule has 1 aliphatic heterocycles. The molecule has 1 saturated heterocycles. The Morgan fingerprint density at radius 1 is 1.15 bits per heavy atom. The van der Waals surface area contributed by atoms with Gasteiger partial charge in [-0.05, 0) is 66.9 Å². The van der Waals surface area contributed by atoms with E-state index in [1.54, 1.807) is 11.0 Å². The minimum absolute atomic E-state index is 0.0602. The molecule has 0 aromatic rings. The molecule has 27 heavy (non-hydrogen) atoms. The van der Waals surface area contributed by atoms with Crippen LogP contribution in [0.2, 0.25) is 0 Å². The van der Waals surface area contributed by atoms with Gasteiger partial charge in [0, 0.05) is 0 Å². The van der Waals surface area contributed by atoms with Gasteiger partial charge in [-0.15, -0.1) is 0 Å². The lowest BCUT2D eigenvalue weighted by molar-refractivity contribution is -0.131. The molecule has 154 valence electrons. The monoisotopic (exact) mass is 379 g/mol. The predicted molar refractivity (Wildman–Crippen MR) is 106 cm³/mol. The van der Waals surface area contributed by atoms with Gasteiger partial charge in [-0.3, -0.25) is 9.69 Å². The largest absolute Gasteiger partial charge is 0.444 e. The number of ether oxygens (including phenoxy) is 2. The second-order valence-electron chi connectivity index (χ2n) is 9.77. The smallest absolute Gasteiger partial charge is 0.412 e. The molecule has 2 rings (SSSR count). The number of nitrogens with zero attached hydrogens (tertiary/aromatic N) is 1. The third kappa shape index (κ3) is 5.81. The van der Waals surface area contributed by atoms with Crippen molar-refractivity contribution in [2.45, 2.75) is 110 Å². The first-order valence-electron chi connectivity index (χ1n) is 10.3. The molecule has 1 aliphatic carbocycles. The van der Waals surface area contributed by atoms with E-state index in [1.807, 2.05) is 48.5 Å². The summed E-state index contributed by atoms with van der Waals surface area (Å²) in [6.45, 7) is 13.1. The molecule has 0 bridgehead atoms. The summed E-state index contributed by atoms with van der Waals surface area (Å²) in [7, 11) is 0. The molecule has 2 aliphatic rings. The Morgan fingerprint density at radius 3 is 2.26 bits per heavy atom. The van der Waals surface area contributed by atoms with Crippen molar-refractivity contribution in [3.63, 3.8) is 0 Å². The maximum Gasteiger partial charge on any atom is 0.412 e. The van der Waals surface area contributed by atoms with E-state index in [0.29, 0.717) is 5.92 Å². The van der Waals surface area contributed by atoms with Crippen LogP contribution in [-0.2, 0) is 14.3 Å². The number of hydrogen-bond acceptors (Lipinski definition) is 4. The lowest BCUT2D eigenvalue weighted by Gasteiger charge is -2.36. The average molecular weight is 380 g/mol. The quantitative estimate of drug-likeness (QED) is 0.627. The SMILES string of the molecule is CC(C)=CC(=O)[C@@H]1OC(C)(C)N(C(=O)OC(C)(C)C)[C@H]1CC1CCCCC1. The Kier molecular flexibility index (Phi) is 6.77. The van der Waals surface area contributed by atoms with Crippen LogP contribution in [0.5, 0.6) is 0 Å². The fraction of sp³-hybridized carbons (Fsp3) is 0.818. The van der Waals surface area contributed by atoms with E-state index in [4.69, 9.17) is 9.47 Å². The topological polar surface area (TPSA) is 55.8 Å². The number of carbonyl (C=O) groups is 2. The summed E-state index contributed by atoms with van der Waals surface area (Å²) in [5.74, 6) is 0.461. The van der Waals surface area contributed by atoms with E-state index in [0.717, 1.165) is 24.8 Å². The van der Waals surface area contributed by atoms with Gasteiger partial charge in [0.25, 0.3) is 0 Å². The average Bonchev–Trinajstić information content (AvgIpc) is 2.77. The summed E-state index contributed by atoms with van der Waals surface area (Å²) < 4.78 is 11.8. The Morgan fingerprint density at radius 2 is 1.74 bits per heavy atom. The van der Waals surface area contributed by atoms with E-state index in [1.165, 1.54) is 19.3 Å². The van der Waals surface area contributed by atoms with E-state index in [9.17, 15) is 9.59 Å². The highest BCUT2D eigenvalue weighted by Gasteiger charge is 2.53. The van der Waals surface area contributed by atoms with Gasteiger partial charge in [-0.2, -0.15) is 0 Å². The normalized spacial score (nSPS) is 26.0. The lowest BCUT2D eigenvalue weighted by atomic mass is 9.83. The number of hydrogen-bond donors (Lipinski definition) is 0. The first kappa shape index (κ1) is 21.9. The highest BCUT2D eigenvalue weighted by Crippen LogP contribution is 2.39. The molecular formula is C22H37NO4. The minimum Gasteiger partial charge on any atom is -0.444 e. The third-order valence-corrected chi connectivity index (χ3v) is 5.28. The second kappa shape index (κ2) is 8.34. The summed E-state index contributed by atoms with van der Waals surface area (Å²) >= 11 is 0. The number of amides is 1. The van der Waals surface area contributed by atoms with Crippen LogP contribution >= 0.6 is 0 Å². The Labute approximate surface area is 164 Å². The van der Waals surface area contributed by atoms with Crippen LogP contribution in [0.1, 0.15) is 87.0 Å². The Bertz CT molecular complexity index is 578. The maximum atomic E-state index is 13.0. The van der Waals surface area contributed by atoms with E-state index in [2.05, 4.69) is 0 Å². The third-order valence-electron chi connectivity index (χ3n) is 5.28. The van der Waals surface area contributed by atoms with Crippen LogP contribution in [0.25, 0.3) is 0 Å². The molecule has 0 aromatic carbocycles. The lowest BCUT2D eigenvalue weighted by Crippen LogP contribution is -2.51. The molecule has 2 atom stereocenters. The van der Waals surface area contributed by atoms with Gasteiger partial charge in [-0.1, -0.05) is 37.7 Å². The van der Waals surface area contributed by atoms with Crippen LogP contribution in [-0.4, -0.2) is 40.2 Å². The van der Waals surface area contributed by atoms with Gasteiger partial charge < -0.3 is 9.47 Å². The fourth-order valence-electron chi connectivity index (χ4n) is 4.25. The van der Waals surface area contributed by atoms with Crippen molar-refractivity contribution in [1.29, 1.82) is 0 Å². The highest BCUT2D eigenvalue weighted by atomic mass is 16.6. The van der Waals surface area contributed by atoms with Gasteiger partial charge in [0.1, 0.15) is 17.4 Å². The summed E-state index contributed by atoms with van der Waals surface area (Å²) in [6.07, 6.45) is 7.42. The molecule has 5 heteroatoms.